The molecule has 30 heavy (non-hydrogen) atoms. The molecule has 2 aromatic rings. The molecule has 0 radical (unpaired) electrons. The maximum Gasteiger partial charge on any atom is 0.325 e. The van der Waals surface area contributed by atoms with Crippen LogP contribution in [0.25, 0.3) is 0 Å². The first kappa shape index (κ1) is 20.2. The zero-order valence-electron chi connectivity index (χ0n) is 15.7. The van der Waals surface area contributed by atoms with Crippen molar-refractivity contribution in [1.82, 2.24) is 10.2 Å². The third-order valence-electron chi connectivity index (χ3n) is 5.11. The van der Waals surface area contributed by atoms with Gasteiger partial charge in [0.05, 0.1) is 11.4 Å². The quantitative estimate of drug-likeness (QED) is 0.707. The van der Waals surface area contributed by atoms with E-state index in [4.69, 9.17) is 23.2 Å². The number of benzene rings is 2. The summed E-state index contributed by atoms with van der Waals surface area (Å²) in [5.74, 6) is -1.55. The summed E-state index contributed by atoms with van der Waals surface area (Å²) in [4.78, 5) is 52.6. The largest absolute Gasteiger partial charge is 0.325 e. The molecule has 2 N–H and O–H groups in total. The van der Waals surface area contributed by atoms with Gasteiger partial charge in [0.25, 0.3) is 5.91 Å². The molecule has 0 spiro atoms. The lowest BCUT2D eigenvalue weighted by molar-refractivity contribution is -0.134. The standard InChI is InChI=1S/C20H16Cl2N4O4/c1-20(12-7-6-11(21)8-13(12)22)18(29)26(19(30)24-20)10-17(28)25-9-16(27)23-14-4-2-3-5-15(14)25/h2-8H,9-10H2,1H3,(H,23,27)(H,24,30)/t20-/m1/s1. The highest BCUT2D eigenvalue weighted by molar-refractivity contribution is 6.35. The number of fused-ring (bicyclic) bond motifs is 1. The molecule has 0 aliphatic carbocycles. The number of rotatable bonds is 3. The predicted molar refractivity (Wildman–Crippen MR) is 111 cm³/mol. The molecule has 4 rings (SSSR count). The van der Waals surface area contributed by atoms with Crippen molar-refractivity contribution < 1.29 is 19.2 Å². The number of para-hydroxylation sites is 2. The molecule has 0 bridgehead atoms. The molecule has 1 saturated heterocycles. The average molecular weight is 447 g/mol. The Morgan fingerprint density at radius 2 is 1.87 bits per heavy atom. The minimum absolute atomic E-state index is 0.209. The molecule has 1 fully saturated rings. The summed E-state index contributed by atoms with van der Waals surface area (Å²) in [7, 11) is 0. The highest BCUT2D eigenvalue weighted by Crippen LogP contribution is 2.35. The summed E-state index contributed by atoms with van der Waals surface area (Å²) in [6.07, 6.45) is 0. The Bertz CT molecular complexity index is 1110. The minimum Gasteiger partial charge on any atom is -0.323 e. The lowest BCUT2D eigenvalue weighted by Crippen LogP contribution is -2.48. The molecule has 0 aromatic heterocycles. The van der Waals surface area contributed by atoms with Gasteiger partial charge in [-0.2, -0.15) is 0 Å². The van der Waals surface area contributed by atoms with Crippen LogP contribution in [0.1, 0.15) is 12.5 Å². The number of anilines is 2. The van der Waals surface area contributed by atoms with Crippen LogP contribution in [0.4, 0.5) is 16.2 Å². The van der Waals surface area contributed by atoms with Crippen LogP contribution in [0.15, 0.2) is 42.5 Å². The Morgan fingerprint density at radius 3 is 2.60 bits per heavy atom. The van der Waals surface area contributed by atoms with Crippen molar-refractivity contribution in [3.05, 3.63) is 58.1 Å². The van der Waals surface area contributed by atoms with Gasteiger partial charge in [-0.25, -0.2) is 4.79 Å². The van der Waals surface area contributed by atoms with Crippen molar-refractivity contribution >= 4 is 58.3 Å². The molecule has 1 atom stereocenters. The molecular weight excluding hydrogens is 431 g/mol. The fraction of sp³-hybridized carbons (Fsp3) is 0.200. The van der Waals surface area contributed by atoms with Gasteiger partial charge in [-0.3, -0.25) is 24.2 Å². The number of halogens is 2. The van der Waals surface area contributed by atoms with Crippen LogP contribution in [0.5, 0.6) is 0 Å². The van der Waals surface area contributed by atoms with E-state index in [1.807, 2.05) is 0 Å². The van der Waals surface area contributed by atoms with Gasteiger partial charge < -0.3 is 10.6 Å². The molecule has 10 heteroatoms. The van der Waals surface area contributed by atoms with Crippen LogP contribution in [0.3, 0.4) is 0 Å². The molecule has 2 aromatic carbocycles. The van der Waals surface area contributed by atoms with E-state index in [0.29, 0.717) is 22.0 Å². The topological polar surface area (TPSA) is 98.8 Å². The summed E-state index contributed by atoms with van der Waals surface area (Å²) in [6.45, 7) is 0.781. The number of hydrogen-bond acceptors (Lipinski definition) is 4. The Labute approximate surface area is 181 Å². The molecule has 154 valence electrons. The van der Waals surface area contributed by atoms with Crippen molar-refractivity contribution in [2.75, 3.05) is 23.3 Å². The number of hydrogen-bond donors (Lipinski definition) is 2. The van der Waals surface area contributed by atoms with E-state index in [2.05, 4.69) is 10.6 Å². The smallest absolute Gasteiger partial charge is 0.323 e. The van der Waals surface area contributed by atoms with Crippen LogP contribution in [-0.4, -0.2) is 41.7 Å². The normalized spacial score (nSPS) is 20.7. The zero-order valence-corrected chi connectivity index (χ0v) is 17.3. The summed E-state index contributed by atoms with van der Waals surface area (Å²) in [6, 6.07) is 10.7. The molecular formula is C20H16Cl2N4O4. The summed E-state index contributed by atoms with van der Waals surface area (Å²) < 4.78 is 0. The Hall–Kier alpha value is -3.10. The first-order valence-electron chi connectivity index (χ1n) is 8.99. The number of nitrogens with zero attached hydrogens (tertiary/aromatic N) is 2. The molecule has 5 amide bonds. The highest BCUT2D eigenvalue weighted by atomic mass is 35.5. The van der Waals surface area contributed by atoms with Crippen LogP contribution in [0.2, 0.25) is 10.0 Å². The summed E-state index contributed by atoms with van der Waals surface area (Å²) in [5.41, 5.74) is -0.102. The van der Waals surface area contributed by atoms with Gasteiger partial charge >= 0.3 is 6.03 Å². The van der Waals surface area contributed by atoms with E-state index in [1.54, 1.807) is 36.4 Å². The van der Waals surface area contributed by atoms with Crippen LogP contribution >= 0.6 is 23.2 Å². The monoisotopic (exact) mass is 446 g/mol. The Morgan fingerprint density at radius 1 is 1.13 bits per heavy atom. The van der Waals surface area contributed by atoms with Gasteiger partial charge in [-0.05, 0) is 31.2 Å². The molecule has 2 aliphatic heterocycles. The Balaban J connectivity index is 1.60. The van der Waals surface area contributed by atoms with Crippen LogP contribution < -0.4 is 15.5 Å². The molecule has 8 nitrogen and oxygen atoms in total. The predicted octanol–water partition coefficient (Wildman–Crippen LogP) is 2.75. The van der Waals surface area contributed by atoms with Crippen molar-refractivity contribution in [3.8, 4) is 0 Å². The van der Waals surface area contributed by atoms with E-state index in [9.17, 15) is 19.2 Å². The Kier molecular flexibility index (Phi) is 4.91. The zero-order chi connectivity index (χ0) is 21.6. The van der Waals surface area contributed by atoms with Gasteiger partial charge in [-0.1, -0.05) is 41.4 Å². The van der Waals surface area contributed by atoms with Gasteiger partial charge in [0.2, 0.25) is 11.8 Å². The van der Waals surface area contributed by atoms with E-state index in [1.165, 1.54) is 17.9 Å². The van der Waals surface area contributed by atoms with Gasteiger partial charge in [-0.15, -0.1) is 0 Å². The van der Waals surface area contributed by atoms with E-state index < -0.39 is 29.9 Å². The van der Waals surface area contributed by atoms with Crippen LogP contribution in [0, 0.1) is 0 Å². The second-order valence-electron chi connectivity index (χ2n) is 7.12. The number of nitrogens with one attached hydrogen (secondary N) is 2. The maximum absolute atomic E-state index is 13.1. The average Bonchev–Trinajstić information content (AvgIpc) is 2.90. The minimum atomic E-state index is -1.45. The molecule has 0 unspecified atom stereocenters. The second-order valence-corrected chi connectivity index (χ2v) is 7.96. The number of carbonyl (C=O) groups excluding carboxylic acids is 4. The van der Waals surface area contributed by atoms with Gasteiger partial charge in [0, 0.05) is 15.6 Å². The van der Waals surface area contributed by atoms with E-state index in [0.717, 1.165) is 4.90 Å². The van der Waals surface area contributed by atoms with Crippen LogP contribution in [-0.2, 0) is 19.9 Å². The summed E-state index contributed by atoms with van der Waals surface area (Å²) >= 11 is 12.2. The fourth-order valence-electron chi connectivity index (χ4n) is 3.59. The van der Waals surface area contributed by atoms with Gasteiger partial charge in [0.15, 0.2) is 0 Å². The number of carbonyl (C=O) groups is 4. The lowest BCUT2D eigenvalue weighted by atomic mass is 9.92. The van der Waals surface area contributed by atoms with Crippen molar-refractivity contribution in [2.24, 2.45) is 0 Å². The molecule has 2 aliphatic rings. The maximum atomic E-state index is 13.1. The van der Waals surface area contributed by atoms with Crippen molar-refractivity contribution in [1.29, 1.82) is 0 Å². The van der Waals surface area contributed by atoms with Crippen molar-refractivity contribution in [3.63, 3.8) is 0 Å². The van der Waals surface area contributed by atoms with E-state index >= 15 is 0 Å². The molecule has 0 saturated carbocycles. The lowest BCUT2D eigenvalue weighted by Gasteiger charge is -2.30. The van der Waals surface area contributed by atoms with Crippen molar-refractivity contribution in [2.45, 2.75) is 12.5 Å². The highest BCUT2D eigenvalue weighted by Gasteiger charge is 2.50. The van der Waals surface area contributed by atoms with E-state index in [-0.39, 0.29) is 17.5 Å². The first-order valence-corrected chi connectivity index (χ1v) is 9.75. The molecule has 2 heterocycles. The third kappa shape index (κ3) is 3.28. The summed E-state index contributed by atoms with van der Waals surface area (Å²) in [5, 5.41) is 5.89. The fourth-order valence-corrected chi connectivity index (χ4v) is 4.19. The SMILES string of the molecule is C[C@]1(c2ccc(Cl)cc2Cl)NC(=O)N(CC(=O)N2CC(=O)Nc3ccccc32)C1=O. The number of urea groups is 1. The number of imide groups is 1. The third-order valence-corrected chi connectivity index (χ3v) is 5.66. The second kappa shape index (κ2) is 7.30. The van der Waals surface area contributed by atoms with Gasteiger partial charge in [0.1, 0.15) is 18.6 Å². The first-order chi connectivity index (χ1) is 14.2. The number of amides is 5.